The van der Waals surface area contributed by atoms with Gasteiger partial charge < -0.3 is 0 Å². The zero-order chi connectivity index (χ0) is 7.61. The summed E-state index contributed by atoms with van der Waals surface area (Å²) in [5, 5.41) is 0. The van der Waals surface area contributed by atoms with Crippen molar-refractivity contribution < 1.29 is 8.78 Å². The number of alkyl halides is 3. The number of hydrogen-bond donors (Lipinski definition) is 0. The highest BCUT2D eigenvalue weighted by Crippen LogP contribution is 2.44. The fraction of sp³-hybridized carbons (Fsp3) is 1.00. The molecule has 0 aliphatic heterocycles. The van der Waals surface area contributed by atoms with E-state index in [9.17, 15) is 8.78 Å². The molecule has 0 amide bonds. The lowest BCUT2D eigenvalue weighted by Crippen LogP contribution is -2.27. The van der Waals surface area contributed by atoms with Crippen LogP contribution in [0.4, 0.5) is 8.78 Å². The van der Waals surface area contributed by atoms with Crippen LogP contribution in [-0.2, 0) is 0 Å². The second-order valence-electron chi connectivity index (χ2n) is 3.00. The van der Waals surface area contributed by atoms with Gasteiger partial charge in [-0.3, -0.25) is 0 Å². The summed E-state index contributed by atoms with van der Waals surface area (Å²) in [5.74, 6) is 0. The molecule has 0 saturated heterocycles. The van der Waals surface area contributed by atoms with E-state index < -0.39 is 11.8 Å². The summed E-state index contributed by atoms with van der Waals surface area (Å²) in [6.45, 7) is 0. The third-order valence-corrected chi connectivity index (χ3v) is 3.85. The Bertz CT molecular complexity index is 108. The molecule has 1 rings (SSSR count). The van der Waals surface area contributed by atoms with Gasteiger partial charge in [0.15, 0.2) is 0 Å². The molecule has 0 spiro atoms. The van der Waals surface area contributed by atoms with Crippen LogP contribution in [0.25, 0.3) is 0 Å². The highest BCUT2D eigenvalue weighted by atomic mass is 127. The van der Waals surface area contributed by atoms with Crippen molar-refractivity contribution in [1.29, 1.82) is 0 Å². The molecule has 1 aliphatic rings. The Balaban J connectivity index is 2.58. The summed E-state index contributed by atoms with van der Waals surface area (Å²) in [5.41, 5.74) is -0.611. The lowest BCUT2D eigenvalue weighted by molar-refractivity contribution is 0.0173. The molecule has 0 heterocycles. The van der Waals surface area contributed by atoms with Gasteiger partial charge in [-0.15, -0.1) is 0 Å². The highest BCUT2D eigenvalue weighted by Gasteiger charge is 2.41. The zero-order valence-corrected chi connectivity index (χ0v) is 7.90. The Morgan fingerprint density at radius 2 is 1.80 bits per heavy atom. The molecule has 3 heteroatoms. The minimum Gasteiger partial charge on any atom is -0.210 e. The van der Waals surface area contributed by atoms with Crippen LogP contribution < -0.4 is 0 Å². The van der Waals surface area contributed by atoms with Crippen molar-refractivity contribution in [3.8, 4) is 0 Å². The molecule has 10 heavy (non-hydrogen) atoms. The number of rotatable bonds is 2. The van der Waals surface area contributed by atoms with Crippen molar-refractivity contribution in [2.75, 3.05) is 4.43 Å². The molecule has 0 atom stereocenters. The summed E-state index contributed by atoms with van der Waals surface area (Å²) >= 11 is 2.08. The van der Waals surface area contributed by atoms with Gasteiger partial charge in [0, 0.05) is 9.84 Å². The van der Waals surface area contributed by atoms with Gasteiger partial charge in [0.25, 0.3) is 0 Å². The Kier molecular flexibility index (Phi) is 2.89. The van der Waals surface area contributed by atoms with Crippen molar-refractivity contribution in [3.05, 3.63) is 0 Å². The minimum atomic E-state index is -2.10. The van der Waals surface area contributed by atoms with E-state index in [1.54, 1.807) is 0 Å². The maximum atomic E-state index is 12.4. The Morgan fingerprint density at radius 3 is 2.00 bits per heavy atom. The molecular formula is C7H11F2I. The number of hydrogen-bond acceptors (Lipinski definition) is 0. The highest BCUT2D eigenvalue weighted by molar-refractivity contribution is 14.1. The van der Waals surface area contributed by atoms with Crippen LogP contribution in [0.2, 0.25) is 0 Å². The van der Waals surface area contributed by atoms with Crippen molar-refractivity contribution in [3.63, 3.8) is 0 Å². The van der Waals surface area contributed by atoms with E-state index in [1.165, 1.54) is 0 Å². The average Bonchev–Trinajstić information content (AvgIpc) is 2.35. The fourth-order valence-electron chi connectivity index (χ4n) is 1.49. The van der Waals surface area contributed by atoms with Gasteiger partial charge in [-0.1, -0.05) is 35.4 Å². The summed E-state index contributed by atoms with van der Waals surface area (Å²) in [7, 11) is 0. The van der Waals surface area contributed by atoms with Gasteiger partial charge in [-0.05, 0) is 12.8 Å². The molecule has 0 radical (unpaired) electrons. The molecule has 0 unspecified atom stereocenters. The quantitative estimate of drug-likeness (QED) is 0.528. The molecule has 60 valence electrons. The molecule has 0 aromatic carbocycles. The molecule has 1 aliphatic carbocycles. The SMILES string of the molecule is FC(F)C1(CI)CCCC1. The van der Waals surface area contributed by atoms with E-state index >= 15 is 0 Å². The largest absolute Gasteiger partial charge is 0.244 e. The maximum Gasteiger partial charge on any atom is 0.244 e. The topological polar surface area (TPSA) is 0 Å². The van der Waals surface area contributed by atoms with Crippen molar-refractivity contribution in [2.24, 2.45) is 5.41 Å². The van der Waals surface area contributed by atoms with Gasteiger partial charge in [0.1, 0.15) is 0 Å². The second kappa shape index (κ2) is 3.32. The van der Waals surface area contributed by atoms with Gasteiger partial charge in [-0.25, -0.2) is 8.78 Å². The zero-order valence-electron chi connectivity index (χ0n) is 5.75. The fourth-order valence-corrected chi connectivity index (χ4v) is 2.58. The first-order valence-corrected chi connectivity index (χ1v) is 5.08. The molecule has 0 bridgehead atoms. The van der Waals surface area contributed by atoms with E-state index in [2.05, 4.69) is 22.6 Å². The van der Waals surface area contributed by atoms with Crippen molar-refractivity contribution in [2.45, 2.75) is 32.1 Å². The second-order valence-corrected chi connectivity index (χ2v) is 3.77. The van der Waals surface area contributed by atoms with Gasteiger partial charge in [0.2, 0.25) is 6.43 Å². The van der Waals surface area contributed by atoms with E-state index in [-0.39, 0.29) is 0 Å². The monoisotopic (exact) mass is 260 g/mol. The maximum absolute atomic E-state index is 12.4. The van der Waals surface area contributed by atoms with Crippen molar-refractivity contribution in [1.82, 2.24) is 0 Å². The third-order valence-electron chi connectivity index (χ3n) is 2.33. The number of halogens is 3. The average molecular weight is 260 g/mol. The first-order chi connectivity index (χ1) is 4.71. The normalized spacial score (nSPS) is 24.0. The predicted molar refractivity (Wildman–Crippen MR) is 45.8 cm³/mol. The van der Waals surface area contributed by atoms with Gasteiger partial charge in [-0.2, -0.15) is 0 Å². The predicted octanol–water partition coefficient (Wildman–Crippen LogP) is 3.25. The molecule has 1 fully saturated rings. The van der Waals surface area contributed by atoms with Crippen LogP contribution in [0.3, 0.4) is 0 Å². The Hall–Kier alpha value is 0.590. The van der Waals surface area contributed by atoms with E-state index in [1.807, 2.05) is 0 Å². The summed E-state index contributed by atoms with van der Waals surface area (Å²) < 4.78 is 25.4. The van der Waals surface area contributed by atoms with Gasteiger partial charge in [0.05, 0.1) is 0 Å². The molecule has 0 aromatic heterocycles. The van der Waals surface area contributed by atoms with Crippen LogP contribution in [0.1, 0.15) is 25.7 Å². The van der Waals surface area contributed by atoms with E-state index in [4.69, 9.17) is 0 Å². The van der Waals surface area contributed by atoms with Crippen molar-refractivity contribution >= 4 is 22.6 Å². The van der Waals surface area contributed by atoms with Crippen LogP contribution in [0.15, 0.2) is 0 Å². The van der Waals surface area contributed by atoms with Gasteiger partial charge >= 0.3 is 0 Å². The van der Waals surface area contributed by atoms with Crippen LogP contribution in [-0.4, -0.2) is 10.9 Å². The summed E-state index contributed by atoms with van der Waals surface area (Å²) in [6.07, 6.45) is 1.34. The van der Waals surface area contributed by atoms with E-state index in [0.29, 0.717) is 4.43 Å². The minimum absolute atomic E-state index is 0.611. The smallest absolute Gasteiger partial charge is 0.210 e. The third kappa shape index (κ3) is 1.43. The molecule has 0 aromatic rings. The first kappa shape index (κ1) is 8.68. The molecular weight excluding hydrogens is 249 g/mol. The first-order valence-electron chi connectivity index (χ1n) is 3.55. The van der Waals surface area contributed by atoms with E-state index in [0.717, 1.165) is 25.7 Å². The lowest BCUT2D eigenvalue weighted by Gasteiger charge is -2.24. The summed E-state index contributed by atoms with van der Waals surface area (Å²) in [4.78, 5) is 0. The standard InChI is InChI=1S/C7H11F2I/c8-6(9)7(5-10)3-1-2-4-7/h6H,1-5H2. The summed E-state index contributed by atoms with van der Waals surface area (Å²) in [6, 6.07) is 0. The van der Waals surface area contributed by atoms with Crippen LogP contribution in [0, 0.1) is 5.41 Å². The molecule has 1 saturated carbocycles. The lowest BCUT2D eigenvalue weighted by atomic mass is 9.90. The molecule has 0 nitrogen and oxygen atoms in total. The van der Waals surface area contributed by atoms with Crippen LogP contribution in [0.5, 0.6) is 0 Å². The van der Waals surface area contributed by atoms with Crippen LogP contribution >= 0.6 is 22.6 Å². The molecule has 0 N–H and O–H groups in total. The Labute approximate surface area is 73.5 Å². The Morgan fingerprint density at radius 1 is 1.30 bits per heavy atom.